The molecule has 0 fully saturated rings. The van der Waals surface area contributed by atoms with Crippen LogP contribution in [0.5, 0.6) is 11.5 Å². The summed E-state index contributed by atoms with van der Waals surface area (Å²) in [4.78, 5) is 47.7. The van der Waals surface area contributed by atoms with Crippen molar-refractivity contribution in [3.63, 3.8) is 0 Å². The number of nitro benzene ring substituents is 2. The molecular weight excluding hydrogens is 472 g/mol. The summed E-state index contributed by atoms with van der Waals surface area (Å²) in [6.45, 7) is 4.06. The molecular formula is C24H22N4O8. The van der Waals surface area contributed by atoms with Gasteiger partial charge < -0.3 is 20.1 Å². The van der Waals surface area contributed by atoms with E-state index in [2.05, 4.69) is 10.6 Å². The van der Waals surface area contributed by atoms with Gasteiger partial charge in [0, 0.05) is 0 Å². The van der Waals surface area contributed by atoms with Crippen LogP contribution in [0.4, 0.5) is 22.7 Å². The maximum absolute atomic E-state index is 13.0. The third-order valence-electron chi connectivity index (χ3n) is 4.87. The van der Waals surface area contributed by atoms with Crippen molar-refractivity contribution in [1.82, 2.24) is 0 Å². The largest absolute Gasteiger partial charge is 0.494 e. The van der Waals surface area contributed by atoms with E-state index in [1.165, 1.54) is 60.7 Å². The Balaban J connectivity index is 1.89. The summed E-state index contributed by atoms with van der Waals surface area (Å²) in [5.74, 6) is -1.04. The molecule has 0 atom stereocenters. The smallest absolute Gasteiger partial charge is 0.296 e. The lowest BCUT2D eigenvalue weighted by molar-refractivity contribution is -0.384. The Labute approximate surface area is 205 Å². The molecule has 2 amide bonds. The molecule has 0 unspecified atom stereocenters. The quantitative estimate of drug-likeness (QED) is 0.300. The first-order valence-corrected chi connectivity index (χ1v) is 10.8. The highest BCUT2D eigenvalue weighted by atomic mass is 16.6. The molecule has 0 aliphatic rings. The number of carbonyl (C=O) groups is 2. The minimum atomic E-state index is -0.783. The summed E-state index contributed by atoms with van der Waals surface area (Å²) in [5.41, 5.74) is -1.14. The van der Waals surface area contributed by atoms with Gasteiger partial charge in [0.05, 0.1) is 46.3 Å². The van der Waals surface area contributed by atoms with Gasteiger partial charge in [0.15, 0.2) is 0 Å². The summed E-state index contributed by atoms with van der Waals surface area (Å²) in [5, 5.41) is 27.9. The number of nitrogens with one attached hydrogen (secondary N) is 2. The lowest BCUT2D eigenvalue weighted by Gasteiger charge is -2.12. The van der Waals surface area contributed by atoms with E-state index in [4.69, 9.17) is 9.47 Å². The fraction of sp³-hybridized carbons (Fsp3) is 0.167. The fourth-order valence-corrected chi connectivity index (χ4v) is 3.31. The molecule has 0 bridgehead atoms. The van der Waals surface area contributed by atoms with Crippen molar-refractivity contribution in [1.29, 1.82) is 0 Å². The first kappa shape index (κ1) is 25.6. The van der Waals surface area contributed by atoms with Gasteiger partial charge in [-0.1, -0.05) is 12.1 Å². The Morgan fingerprint density at radius 3 is 1.44 bits per heavy atom. The van der Waals surface area contributed by atoms with Crippen LogP contribution in [0.1, 0.15) is 34.6 Å². The molecule has 0 saturated heterocycles. The van der Waals surface area contributed by atoms with Crippen LogP contribution in [0.2, 0.25) is 0 Å². The number of hydrogen-bond donors (Lipinski definition) is 2. The standard InChI is InChI=1S/C24H22N4O8/c1-3-35-15-9-11-19(21(13-15)27(31)32)25-23(29)17-7-5-6-8-18(17)24(30)26-20-12-10-16(36-4-2)14-22(20)28(33)34/h5-14H,3-4H2,1-2H3,(H,25,29)(H,26,30). The number of hydrogen-bond acceptors (Lipinski definition) is 8. The topological polar surface area (TPSA) is 163 Å². The fourth-order valence-electron chi connectivity index (χ4n) is 3.31. The van der Waals surface area contributed by atoms with Crippen LogP contribution in [-0.2, 0) is 0 Å². The van der Waals surface area contributed by atoms with E-state index >= 15 is 0 Å². The third-order valence-corrected chi connectivity index (χ3v) is 4.87. The van der Waals surface area contributed by atoms with Crippen LogP contribution in [0.25, 0.3) is 0 Å². The Morgan fingerprint density at radius 2 is 1.11 bits per heavy atom. The third kappa shape index (κ3) is 5.91. The van der Waals surface area contributed by atoms with Gasteiger partial charge in [-0.3, -0.25) is 29.8 Å². The van der Waals surface area contributed by atoms with Crippen LogP contribution in [-0.4, -0.2) is 34.9 Å². The molecule has 186 valence electrons. The minimum Gasteiger partial charge on any atom is -0.494 e. The highest BCUT2D eigenvalue weighted by molar-refractivity contribution is 6.16. The molecule has 0 aromatic heterocycles. The normalized spacial score (nSPS) is 10.3. The zero-order valence-electron chi connectivity index (χ0n) is 19.3. The van der Waals surface area contributed by atoms with Gasteiger partial charge in [0.2, 0.25) is 0 Å². The molecule has 3 aromatic carbocycles. The zero-order valence-corrected chi connectivity index (χ0v) is 19.3. The number of ether oxygens (including phenoxy) is 2. The van der Waals surface area contributed by atoms with E-state index in [0.29, 0.717) is 13.2 Å². The Hall–Kier alpha value is -5.00. The monoisotopic (exact) mass is 494 g/mol. The average molecular weight is 494 g/mol. The maximum atomic E-state index is 13.0. The van der Waals surface area contributed by atoms with Gasteiger partial charge in [-0.25, -0.2) is 0 Å². The van der Waals surface area contributed by atoms with E-state index < -0.39 is 21.7 Å². The van der Waals surface area contributed by atoms with Crippen molar-refractivity contribution in [2.45, 2.75) is 13.8 Å². The predicted molar refractivity (Wildman–Crippen MR) is 131 cm³/mol. The van der Waals surface area contributed by atoms with Crippen molar-refractivity contribution >= 4 is 34.6 Å². The van der Waals surface area contributed by atoms with E-state index in [1.807, 2.05) is 0 Å². The first-order chi connectivity index (χ1) is 17.2. The molecule has 0 heterocycles. The van der Waals surface area contributed by atoms with Crippen LogP contribution >= 0.6 is 0 Å². The van der Waals surface area contributed by atoms with Gasteiger partial charge in [-0.05, 0) is 50.2 Å². The number of amides is 2. The highest BCUT2D eigenvalue weighted by Crippen LogP contribution is 2.31. The molecule has 3 aromatic rings. The van der Waals surface area contributed by atoms with E-state index in [1.54, 1.807) is 13.8 Å². The average Bonchev–Trinajstić information content (AvgIpc) is 2.85. The van der Waals surface area contributed by atoms with E-state index in [-0.39, 0.29) is 45.4 Å². The van der Waals surface area contributed by atoms with Crippen molar-refractivity contribution in [2.24, 2.45) is 0 Å². The predicted octanol–water partition coefficient (Wildman–Crippen LogP) is 4.81. The minimum absolute atomic E-state index is 0.0910. The molecule has 0 saturated carbocycles. The van der Waals surface area contributed by atoms with E-state index in [0.717, 1.165) is 0 Å². The number of anilines is 2. The summed E-state index contributed by atoms with van der Waals surface area (Å²) >= 11 is 0. The molecule has 0 spiro atoms. The van der Waals surface area contributed by atoms with Crippen molar-refractivity contribution in [3.8, 4) is 11.5 Å². The molecule has 0 aliphatic carbocycles. The molecule has 0 radical (unpaired) electrons. The van der Waals surface area contributed by atoms with Gasteiger partial charge in [-0.15, -0.1) is 0 Å². The first-order valence-electron chi connectivity index (χ1n) is 10.8. The number of carbonyl (C=O) groups excluding carboxylic acids is 2. The van der Waals surface area contributed by atoms with Gasteiger partial charge in [0.1, 0.15) is 22.9 Å². The van der Waals surface area contributed by atoms with Gasteiger partial charge in [0.25, 0.3) is 23.2 Å². The number of rotatable bonds is 10. The molecule has 36 heavy (non-hydrogen) atoms. The molecule has 12 nitrogen and oxygen atoms in total. The lowest BCUT2D eigenvalue weighted by atomic mass is 10.1. The SMILES string of the molecule is CCOc1ccc(NC(=O)c2ccccc2C(=O)Nc2ccc(OCC)cc2[N+](=O)[O-])c([N+](=O)[O-])c1. The van der Waals surface area contributed by atoms with Crippen molar-refractivity contribution < 1.29 is 28.9 Å². The Bertz CT molecular complexity index is 1220. The second kappa shape index (κ2) is 11.4. The van der Waals surface area contributed by atoms with Crippen molar-refractivity contribution in [3.05, 3.63) is 92.0 Å². The van der Waals surface area contributed by atoms with Gasteiger partial charge in [-0.2, -0.15) is 0 Å². The van der Waals surface area contributed by atoms with Crippen LogP contribution < -0.4 is 20.1 Å². The lowest BCUT2D eigenvalue weighted by Crippen LogP contribution is -2.21. The zero-order chi connectivity index (χ0) is 26.2. The summed E-state index contributed by atoms with van der Waals surface area (Å²) in [6.07, 6.45) is 0. The number of benzene rings is 3. The number of nitrogens with zero attached hydrogens (tertiary/aromatic N) is 2. The van der Waals surface area contributed by atoms with Crippen LogP contribution in [0, 0.1) is 20.2 Å². The van der Waals surface area contributed by atoms with Crippen molar-refractivity contribution in [2.75, 3.05) is 23.8 Å². The van der Waals surface area contributed by atoms with Gasteiger partial charge >= 0.3 is 0 Å². The summed E-state index contributed by atoms with van der Waals surface area (Å²) in [6, 6.07) is 13.7. The second-order valence-electron chi connectivity index (χ2n) is 7.19. The molecule has 3 rings (SSSR count). The Morgan fingerprint density at radius 1 is 0.722 bits per heavy atom. The summed E-state index contributed by atoms with van der Waals surface area (Å²) in [7, 11) is 0. The number of nitro groups is 2. The molecule has 2 N–H and O–H groups in total. The molecule has 0 aliphatic heterocycles. The maximum Gasteiger partial charge on any atom is 0.296 e. The van der Waals surface area contributed by atoms with Crippen LogP contribution in [0.15, 0.2) is 60.7 Å². The molecule has 12 heteroatoms. The highest BCUT2D eigenvalue weighted by Gasteiger charge is 2.23. The Kier molecular flexibility index (Phi) is 8.13. The second-order valence-corrected chi connectivity index (χ2v) is 7.19. The van der Waals surface area contributed by atoms with E-state index in [9.17, 15) is 29.8 Å². The van der Waals surface area contributed by atoms with Crippen LogP contribution in [0.3, 0.4) is 0 Å². The summed E-state index contributed by atoms with van der Waals surface area (Å²) < 4.78 is 10.5.